The maximum Gasteiger partial charge on any atom is 0.414 e. The van der Waals surface area contributed by atoms with E-state index < -0.39 is 17.4 Å². The maximum absolute atomic E-state index is 12.9. The van der Waals surface area contributed by atoms with Crippen LogP contribution in [0, 0.1) is 6.92 Å². The molecule has 3 rings (SSSR count). The number of hydrogen-bond donors (Lipinski definition) is 0. The van der Waals surface area contributed by atoms with Gasteiger partial charge in [0.25, 0.3) is 0 Å². The van der Waals surface area contributed by atoms with Crippen molar-refractivity contribution in [3.63, 3.8) is 0 Å². The highest BCUT2D eigenvalue weighted by atomic mass is 32.2. The Morgan fingerprint density at radius 2 is 2.00 bits per heavy atom. The van der Waals surface area contributed by atoms with Gasteiger partial charge in [-0.3, -0.25) is 14.1 Å². The number of aryl methyl sites for hydroxylation is 1. The van der Waals surface area contributed by atoms with Crippen molar-refractivity contribution in [1.82, 2.24) is 24.1 Å². The van der Waals surface area contributed by atoms with E-state index in [9.17, 15) is 9.59 Å². The Morgan fingerprint density at radius 3 is 2.68 bits per heavy atom. The number of anilines is 1. The van der Waals surface area contributed by atoms with Crippen molar-refractivity contribution >= 4 is 29.8 Å². The van der Waals surface area contributed by atoms with Gasteiger partial charge < -0.3 is 8.92 Å². The highest BCUT2D eigenvalue weighted by Crippen LogP contribution is 2.29. The smallest absolute Gasteiger partial charge is 0.414 e. The number of aromatic nitrogens is 5. The molecule has 0 aliphatic heterocycles. The second kappa shape index (κ2) is 8.94. The van der Waals surface area contributed by atoms with Gasteiger partial charge in [-0.25, -0.2) is 19.0 Å². The largest absolute Gasteiger partial charge is 0.443 e. The third kappa shape index (κ3) is 5.14. The van der Waals surface area contributed by atoms with Gasteiger partial charge in [0.1, 0.15) is 5.60 Å². The molecule has 0 unspecified atom stereocenters. The zero-order valence-electron chi connectivity index (χ0n) is 18.1. The minimum absolute atomic E-state index is 0.139. The molecule has 0 N–H and O–H groups in total. The van der Waals surface area contributed by atoms with E-state index in [1.54, 1.807) is 47.0 Å². The van der Waals surface area contributed by atoms with Gasteiger partial charge in [0.2, 0.25) is 18.1 Å². The molecule has 3 aromatic rings. The summed E-state index contributed by atoms with van der Waals surface area (Å²) in [7, 11) is 1.55. The second-order valence-corrected chi connectivity index (χ2v) is 8.10. The number of pyridine rings is 1. The molecule has 0 aliphatic rings. The fourth-order valence-electron chi connectivity index (χ4n) is 2.50. The lowest BCUT2D eigenvalue weighted by atomic mass is 10.2. The van der Waals surface area contributed by atoms with Crippen molar-refractivity contribution in [2.45, 2.75) is 40.2 Å². The zero-order valence-corrected chi connectivity index (χ0v) is 19.0. The minimum Gasteiger partial charge on any atom is -0.443 e. The molecule has 0 atom stereocenters. The molecule has 0 saturated carbocycles. The molecule has 0 aliphatic carbocycles. The first-order chi connectivity index (χ1) is 14.6. The summed E-state index contributed by atoms with van der Waals surface area (Å²) in [6.45, 7) is 9.32. The summed E-state index contributed by atoms with van der Waals surface area (Å²) in [5.41, 5.74) is 0.335. The molecule has 166 valence electrons. The fourth-order valence-corrected chi connectivity index (χ4v) is 2.84. The summed E-state index contributed by atoms with van der Waals surface area (Å²) in [6, 6.07) is 1.55. The molecule has 3 heterocycles. The maximum atomic E-state index is 12.9. The topological polar surface area (TPSA) is 113 Å². The van der Waals surface area contributed by atoms with Gasteiger partial charge in [0.05, 0.1) is 30.4 Å². The van der Waals surface area contributed by atoms with Crippen LogP contribution in [0.25, 0.3) is 11.5 Å². The lowest BCUT2D eigenvalue weighted by Crippen LogP contribution is -2.34. The van der Waals surface area contributed by atoms with E-state index in [4.69, 9.17) is 13.1 Å². The van der Waals surface area contributed by atoms with E-state index in [0.717, 1.165) is 17.0 Å². The lowest BCUT2D eigenvalue weighted by Gasteiger charge is -2.24. The second-order valence-electron chi connectivity index (χ2n) is 7.56. The van der Waals surface area contributed by atoms with Crippen molar-refractivity contribution in [3.8, 4) is 11.6 Å². The van der Waals surface area contributed by atoms with E-state index in [0.29, 0.717) is 23.6 Å². The Hall–Kier alpha value is -3.12. The lowest BCUT2D eigenvalue weighted by molar-refractivity contribution is 0.0589. The predicted molar refractivity (Wildman–Crippen MR) is 116 cm³/mol. The normalized spacial score (nSPS) is 11.5. The van der Waals surface area contributed by atoms with Gasteiger partial charge in [-0.2, -0.15) is 4.68 Å². The van der Waals surface area contributed by atoms with Gasteiger partial charge in [0, 0.05) is 19.3 Å². The quantitative estimate of drug-likeness (QED) is 0.415. The predicted octanol–water partition coefficient (Wildman–Crippen LogP) is 2.93. The third-order valence-electron chi connectivity index (χ3n) is 3.90. The molecular formula is C19H24N6O5S. The van der Waals surface area contributed by atoms with Gasteiger partial charge in [-0.05, 0) is 34.6 Å². The van der Waals surface area contributed by atoms with Crippen molar-refractivity contribution in [1.29, 1.82) is 0 Å². The summed E-state index contributed by atoms with van der Waals surface area (Å²) < 4.78 is 18.7. The molecule has 11 nitrogen and oxygen atoms in total. The molecular weight excluding hydrogens is 424 g/mol. The zero-order chi connectivity index (χ0) is 22.8. The van der Waals surface area contributed by atoms with Gasteiger partial charge >= 0.3 is 11.8 Å². The Bertz CT molecular complexity index is 1150. The van der Waals surface area contributed by atoms with E-state index in [-0.39, 0.29) is 11.6 Å². The number of ether oxygens (including phenoxy) is 1. The van der Waals surface area contributed by atoms with E-state index in [1.807, 2.05) is 6.92 Å². The average Bonchev–Trinajstić information content (AvgIpc) is 3.02. The Balaban J connectivity index is 2.03. The SMILES string of the molecule is CCOSOc1cc(N(C)C(=O)OC(C)(C)C)cnc1-n1nc2cnc(C)cn2c1=O. The number of carbonyl (C=O) groups is 1. The van der Waals surface area contributed by atoms with Gasteiger partial charge in [-0.15, -0.1) is 5.10 Å². The van der Waals surface area contributed by atoms with Gasteiger partial charge in [0.15, 0.2) is 11.4 Å². The number of amides is 1. The Labute approximate surface area is 183 Å². The third-order valence-corrected chi connectivity index (χ3v) is 4.48. The minimum atomic E-state index is -0.654. The van der Waals surface area contributed by atoms with Crippen LogP contribution in [0.5, 0.6) is 5.75 Å². The highest BCUT2D eigenvalue weighted by molar-refractivity contribution is 7.90. The van der Waals surface area contributed by atoms with Crippen LogP contribution in [0.1, 0.15) is 33.4 Å². The molecule has 0 radical (unpaired) electrons. The Kier molecular flexibility index (Phi) is 6.51. The number of carbonyl (C=O) groups excluding carboxylic acids is 1. The van der Waals surface area contributed by atoms with Crippen molar-refractivity contribution in [3.05, 3.63) is 40.8 Å². The monoisotopic (exact) mass is 448 g/mol. The van der Waals surface area contributed by atoms with Crippen LogP contribution < -0.4 is 14.8 Å². The molecule has 12 heteroatoms. The molecule has 0 aromatic carbocycles. The molecule has 0 saturated heterocycles. The summed E-state index contributed by atoms with van der Waals surface area (Å²) in [5, 5.41) is 4.28. The summed E-state index contributed by atoms with van der Waals surface area (Å²) >= 11 is 0.732. The molecule has 31 heavy (non-hydrogen) atoms. The van der Waals surface area contributed by atoms with Crippen LogP contribution >= 0.6 is 12.3 Å². The van der Waals surface area contributed by atoms with Gasteiger partial charge in [-0.1, -0.05) is 0 Å². The van der Waals surface area contributed by atoms with Crippen molar-refractivity contribution < 1.29 is 17.9 Å². The summed E-state index contributed by atoms with van der Waals surface area (Å²) in [6.07, 6.45) is 3.95. The highest BCUT2D eigenvalue weighted by Gasteiger charge is 2.23. The van der Waals surface area contributed by atoms with E-state index >= 15 is 0 Å². The van der Waals surface area contributed by atoms with Crippen LogP contribution in [0.2, 0.25) is 0 Å². The average molecular weight is 449 g/mol. The fraction of sp³-hybridized carbons (Fsp3) is 0.421. The van der Waals surface area contributed by atoms with Crippen molar-refractivity contribution in [2.75, 3.05) is 18.6 Å². The summed E-state index contributed by atoms with van der Waals surface area (Å²) in [4.78, 5) is 35.1. The standard InChI is InChI=1S/C19H24N6O5S/c1-7-28-31-30-14-8-13(23(6)18(27)29-19(3,4)5)9-21-16(14)25-17(26)24-11-12(2)20-10-15(24)22-25/h8-11H,7H2,1-6H3. The first-order valence-corrected chi connectivity index (χ1v) is 10.1. The molecule has 1 amide bonds. The van der Waals surface area contributed by atoms with E-state index in [1.165, 1.54) is 21.7 Å². The number of hydrogen-bond acceptors (Lipinski definition) is 9. The van der Waals surface area contributed by atoms with Crippen LogP contribution in [0.15, 0.2) is 29.5 Å². The van der Waals surface area contributed by atoms with E-state index in [2.05, 4.69) is 15.1 Å². The molecule has 0 fully saturated rings. The van der Waals surface area contributed by atoms with Crippen LogP contribution in [-0.4, -0.2) is 49.5 Å². The number of rotatable bonds is 6. The van der Waals surface area contributed by atoms with Crippen LogP contribution in [-0.2, 0) is 8.92 Å². The Morgan fingerprint density at radius 1 is 1.26 bits per heavy atom. The molecule has 3 aromatic heterocycles. The molecule has 0 bridgehead atoms. The van der Waals surface area contributed by atoms with Crippen LogP contribution in [0.4, 0.5) is 10.5 Å². The first-order valence-electron chi connectivity index (χ1n) is 9.48. The first kappa shape index (κ1) is 22.6. The summed E-state index contributed by atoms with van der Waals surface area (Å²) in [5.74, 6) is 0.321. The van der Waals surface area contributed by atoms with Crippen molar-refractivity contribution in [2.24, 2.45) is 0 Å². The van der Waals surface area contributed by atoms with Crippen LogP contribution in [0.3, 0.4) is 0 Å². The number of nitrogens with zero attached hydrogens (tertiary/aromatic N) is 6. The number of fused-ring (bicyclic) bond motifs is 1. The molecule has 0 spiro atoms.